The van der Waals surface area contributed by atoms with Crippen LogP contribution >= 0.6 is 22.6 Å². The van der Waals surface area contributed by atoms with Gasteiger partial charge in [0, 0.05) is 16.3 Å². The summed E-state index contributed by atoms with van der Waals surface area (Å²) in [6, 6.07) is 11.4. The maximum Gasteiger partial charge on any atom is 0.255 e. The van der Waals surface area contributed by atoms with Crippen LogP contribution in [-0.2, 0) is 4.79 Å². The number of carbonyl (C=O) groups is 2. The molecule has 2 amide bonds. The van der Waals surface area contributed by atoms with Crippen molar-refractivity contribution >= 4 is 40.1 Å². The average Bonchev–Trinajstić information content (AvgIpc) is 2.50. The van der Waals surface area contributed by atoms with Crippen LogP contribution in [0.2, 0.25) is 0 Å². The normalized spacial score (nSPS) is 10.4. The van der Waals surface area contributed by atoms with Gasteiger partial charge in [0.25, 0.3) is 5.91 Å². The zero-order valence-corrected chi connectivity index (χ0v) is 16.5. The Kier molecular flexibility index (Phi) is 5.99. The Morgan fingerprint density at radius 2 is 1.67 bits per heavy atom. The lowest BCUT2D eigenvalue weighted by molar-refractivity contribution is -0.116. The molecule has 2 aromatic carbocycles. The molecule has 24 heavy (non-hydrogen) atoms. The Hall–Kier alpha value is -1.89. The van der Waals surface area contributed by atoms with Crippen molar-refractivity contribution in [2.45, 2.75) is 20.8 Å². The van der Waals surface area contributed by atoms with E-state index in [9.17, 15) is 9.59 Å². The molecule has 0 spiro atoms. The molecule has 2 rings (SSSR count). The van der Waals surface area contributed by atoms with Crippen LogP contribution in [0, 0.1) is 24.3 Å². The van der Waals surface area contributed by atoms with Gasteiger partial charge in [-0.1, -0.05) is 29.8 Å². The van der Waals surface area contributed by atoms with Gasteiger partial charge in [0.05, 0.1) is 12.1 Å². The van der Waals surface area contributed by atoms with E-state index in [4.69, 9.17) is 0 Å². The zero-order valence-electron chi connectivity index (χ0n) is 14.3. The quantitative estimate of drug-likeness (QED) is 0.739. The fourth-order valence-corrected chi connectivity index (χ4v) is 3.30. The summed E-state index contributed by atoms with van der Waals surface area (Å²) in [7, 11) is 1.64. The van der Waals surface area contributed by atoms with Gasteiger partial charge in [-0.25, -0.2) is 0 Å². The minimum Gasteiger partial charge on any atom is -0.332 e. The maximum absolute atomic E-state index is 12.5. The van der Waals surface area contributed by atoms with Crippen molar-refractivity contribution in [3.63, 3.8) is 0 Å². The molecule has 126 valence electrons. The number of hydrogen-bond donors (Lipinski definition) is 1. The Morgan fingerprint density at radius 1 is 1.08 bits per heavy atom. The van der Waals surface area contributed by atoms with Crippen molar-refractivity contribution in [3.8, 4) is 0 Å². The molecule has 0 bridgehead atoms. The van der Waals surface area contributed by atoms with Gasteiger partial charge >= 0.3 is 0 Å². The van der Waals surface area contributed by atoms with Gasteiger partial charge in [0.1, 0.15) is 0 Å². The molecule has 0 saturated heterocycles. The summed E-state index contributed by atoms with van der Waals surface area (Å²) >= 11 is 2.12. The van der Waals surface area contributed by atoms with Gasteiger partial charge in [-0.3, -0.25) is 9.59 Å². The van der Waals surface area contributed by atoms with E-state index in [1.54, 1.807) is 13.1 Å². The van der Waals surface area contributed by atoms with Gasteiger partial charge in [0.2, 0.25) is 5.91 Å². The second kappa shape index (κ2) is 7.79. The summed E-state index contributed by atoms with van der Waals surface area (Å²) in [5.74, 6) is -0.362. The van der Waals surface area contributed by atoms with E-state index >= 15 is 0 Å². The zero-order chi connectivity index (χ0) is 17.9. The number of amides is 2. The van der Waals surface area contributed by atoms with Crippen molar-refractivity contribution in [3.05, 3.63) is 62.2 Å². The molecule has 0 aromatic heterocycles. The molecule has 0 radical (unpaired) electrons. The predicted molar refractivity (Wildman–Crippen MR) is 105 cm³/mol. The van der Waals surface area contributed by atoms with E-state index < -0.39 is 0 Å². The SMILES string of the molecule is Cc1cc(C)c(NC(=O)CN(C)C(=O)c2ccccc2I)c(C)c1. The van der Waals surface area contributed by atoms with Crippen LogP contribution in [0.1, 0.15) is 27.0 Å². The molecule has 2 aromatic rings. The second-order valence-electron chi connectivity index (χ2n) is 5.96. The minimum atomic E-state index is -0.202. The van der Waals surface area contributed by atoms with Gasteiger partial charge in [-0.2, -0.15) is 0 Å². The van der Waals surface area contributed by atoms with E-state index in [0.717, 1.165) is 25.9 Å². The Morgan fingerprint density at radius 3 is 2.25 bits per heavy atom. The third kappa shape index (κ3) is 4.35. The highest BCUT2D eigenvalue weighted by molar-refractivity contribution is 14.1. The number of halogens is 1. The van der Waals surface area contributed by atoms with Crippen LogP contribution in [0.4, 0.5) is 5.69 Å². The van der Waals surface area contributed by atoms with Crippen LogP contribution in [0.5, 0.6) is 0 Å². The number of aryl methyl sites for hydroxylation is 3. The number of carbonyl (C=O) groups excluding carboxylic acids is 2. The number of benzene rings is 2. The third-order valence-corrected chi connectivity index (χ3v) is 4.71. The van der Waals surface area contributed by atoms with Gasteiger partial charge < -0.3 is 10.2 Å². The largest absolute Gasteiger partial charge is 0.332 e. The molecular weight excluding hydrogens is 415 g/mol. The van der Waals surface area contributed by atoms with Crippen molar-refractivity contribution in [2.24, 2.45) is 0 Å². The number of likely N-dealkylation sites (N-methyl/N-ethyl adjacent to an activating group) is 1. The highest BCUT2D eigenvalue weighted by Gasteiger charge is 2.17. The molecule has 0 unspecified atom stereocenters. The average molecular weight is 436 g/mol. The van der Waals surface area contributed by atoms with Crippen LogP contribution < -0.4 is 5.32 Å². The number of anilines is 1. The summed E-state index contributed by atoms with van der Waals surface area (Å²) in [5, 5.41) is 2.92. The molecule has 5 heteroatoms. The maximum atomic E-state index is 12.5. The third-order valence-electron chi connectivity index (χ3n) is 3.77. The Balaban J connectivity index is 2.07. The number of nitrogens with one attached hydrogen (secondary N) is 1. The smallest absolute Gasteiger partial charge is 0.255 e. The minimum absolute atomic E-state index is 0.0105. The molecular formula is C19H21IN2O2. The molecule has 0 aliphatic carbocycles. The van der Waals surface area contributed by atoms with E-state index in [0.29, 0.717) is 5.56 Å². The van der Waals surface area contributed by atoms with Crippen LogP contribution in [0.15, 0.2) is 36.4 Å². The van der Waals surface area contributed by atoms with E-state index in [1.807, 2.05) is 51.1 Å². The van der Waals surface area contributed by atoms with Crippen molar-refractivity contribution in [1.29, 1.82) is 0 Å². The highest BCUT2D eigenvalue weighted by Crippen LogP contribution is 2.22. The lowest BCUT2D eigenvalue weighted by Gasteiger charge is -2.19. The second-order valence-corrected chi connectivity index (χ2v) is 7.13. The summed E-state index contributed by atoms with van der Waals surface area (Å²) in [5.41, 5.74) is 4.63. The fourth-order valence-electron chi connectivity index (χ4n) is 2.68. The lowest BCUT2D eigenvalue weighted by atomic mass is 10.1. The Bertz CT molecular complexity index is 764. The summed E-state index contributed by atoms with van der Waals surface area (Å²) in [6.07, 6.45) is 0. The topological polar surface area (TPSA) is 49.4 Å². The van der Waals surface area contributed by atoms with Crippen LogP contribution in [-0.4, -0.2) is 30.3 Å². The summed E-state index contributed by atoms with van der Waals surface area (Å²) in [4.78, 5) is 26.2. The molecule has 0 aliphatic rings. The highest BCUT2D eigenvalue weighted by atomic mass is 127. The van der Waals surface area contributed by atoms with Crippen LogP contribution in [0.3, 0.4) is 0 Å². The first-order chi connectivity index (χ1) is 11.3. The van der Waals surface area contributed by atoms with Crippen molar-refractivity contribution in [1.82, 2.24) is 4.90 Å². The molecule has 0 atom stereocenters. The number of hydrogen-bond acceptors (Lipinski definition) is 2. The Labute approximate surface area is 156 Å². The van der Waals surface area contributed by atoms with Gasteiger partial charge in [-0.05, 0) is 66.6 Å². The number of nitrogens with zero attached hydrogens (tertiary/aromatic N) is 1. The molecule has 4 nitrogen and oxygen atoms in total. The van der Waals surface area contributed by atoms with Crippen molar-refractivity contribution < 1.29 is 9.59 Å². The first-order valence-electron chi connectivity index (χ1n) is 7.67. The summed E-state index contributed by atoms with van der Waals surface area (Å²) in [6.45, 7) is 5.98. The van der Waals surface area contributed by atoms with Gasteiger partial charge in [-0.15, -0.1) is 0 Å². The lowest BCUT2D eigenvalue weighted by Crippen LogP contribution is -2.35. The van der Waals surface area contributed by atoms with Crippen LogP contribution in [0.25, 0.3) is 0 Å². The predicted octanol–water partition coefficient (Wildman–Crippen LogP) is 3.93. The fraction of sp³-hybridized carbons (Fsp3) is 0.263. The van der Waals surface area contributed by atoms with Gasteiger partial charge in [0.15, 0.2) is 0 Å². The molecule has 0 heterocycles. The van der Waals surface area contributed by atoms with E-state index in [2.05, 4.69) is 27.9 Å². The molecule has 0 fully saturated rings. The summed E-state index contributed by atoms with van der Waals surface area (Å²) < 4.78 is 0.873. The molecule has 0 aliphatic heterocycles. The standard InChI is InChI=1S/C19H21IN2O2/c1-12-9-13(2)18(14(3)10-12)21-17(23)11-22(4)19(24)15-7-5-6-8-16(15)20/h5-10H,11H2,1-4H3,(H,21,23). The first-order valence-corrected chi connectivity index (χ1v) is 8.75. The number of rotatable bonds is 4. The monoisotopic (exact) mass is 436 g/mol. The molecule has 0 saturated carbocycles. The first kappa shape index (κ1) is 18.4. The van der Waals surface area contributed by atoms with E-state index in [1.165, 1.54) is 4.90 Å². The molecule has 1 N–H and O–H groups in total. The van der Waals surface area contributed by atoms with E-state index in [-0.39, 0.29) is 18.4 Å². The van der Waals surface area contributed by atoms with Crippen molar-refractivity contribution in [2.75, 3.05) is 18.9 Å².